The summed E-state index contributed by atoms with van der Waals surface area (Å²) in [7, 11) is 0. The average molecular weight is 242 g/mol. The number of rotatable bonds is 4. The quantitative estimate of drug-likeness (QED) is 0.654. The maximum absolute atomic E-state index is 2.32. The summed E-state index contributed by atoms with van der Waals surface area (Å²) in [6.45, 7) is 4.64. The molecule has 0 heterocycles. The van der Waals surface area contributed by atoms with Crippen LogP contribution in [0.3, 0.4) is 0 Å². The van der Waals surface area contributed by atoms with Gasteiger partial charge in [-0.15, -0.1) is 0 Å². The zero-order valence-corrected chi connectivity index (χ0v) is 11.4. The molecule has 0 aromatic rings. The van der Waals surface area contributed by atoms with Crippen LogP contribution in [0.15, 0.2) is 0 Å². The van der Waals surface area contributed by atoms with Crippen LogP contribution < -0.4 is 0 Å². The van der Waals surface area contributed by atoms with Crippen molar-refractivity contribution >= 4 is 0 Å². The molecule has 0 nitrogen and oxygen atoms in total. The van der Waals surface area contributed by atoms with E-state index < -0.39 is 0 Å². The molecule has 1 rings (SSSR count). The second kappa shape index (κ2) is 7.50. The molecule has 1 saturated carbocycles. The molecular formula is C11H21Y-. The first kappa shape index (κ1) is 13.1. The van der Waals surface area contributed by atoms with Crippen molar-refractivity contribution in [1.29, 1.82) is 0 Å². The Morgan fingerprint density at radius 1 is 1.17 bits per heavy atom. The molecule has 1 heteroatoms. The van der Waals surface area contributed by atoms with Gasteiger partial charge in [-0.05, 0) is 5.92 Å². The van der Waals surface area contributed by atoms with Crippen molar-refractivity contribution in [1.82, 2.24) is 0 Å². The Balaban J connectivity index is 0.00000121. The molecule has 1 aliphatic rings. The van der Waals surface area contributed by atoms with Crippen molar-refractivity contribution in [2.24, 2.45) is 5.92 Å². The molecule has 0 aromatic carbocycles. The van der Waals surface area contributed by atoms with Crippen LogP contribution in [0.1, 0.15) is 58.8 Å². The molecule has 0 amide bonds. The summed E-state index contributed by atoms with van der Waals surface area (Å²) in [6.07, 6.45) is 10.1. The summed E-state index contributed by atoms with van der Waals surface area (Å²) in [6, 6.07) is 0. The Kier molecular flexibility index (Phi) is 8.19. The van der Waals surface area contributed by atoms with Gasteiger partial charge in [-0.1, -0.05) is 39.5 Å². The second-order valence-corrected chi connectivity index (χ2v) is 4.24. The zero-order chi connectivity index (χ0) is 8.10. The van der Waals surface area contributed by atoms with Gasteiger partial charge < -0.3 is 5.92 Å². The van der Waals surface area contributed by atoms with Crippen molar-refractivity contribution in [2.75, 3.05) is 0 Å². The molecule has 1 fully saturated rings. The third-order valence-corrected chi connectivity index (χ3v) is 2.62. The van der Waals surface area contributed by atoms with Gasteiger partial charge in [0.15, 0.2) is 0 Å². The van der Waals surface area contributed by atoms with E-state index in [-0.39, 0.29) is 32.7 Å². The zero-order valence-electron chi connectivity index (χ0n) is 8.60. The van der Waals surface area contributed by atoms with Crippen LogP contribution in [-0.4, -0.2) is 0 Å². The monoisotopic (exact) mass is 242 g/mol. The van der Waals surface area contributed by atoms with Crippen LogP contribution in [0, 0.1) is 11.8 Å². The van der Waals surface area contributed by atoms with Gasteiger partial charge in [0.25, 0.3) is 0 Å². The van der Waals surface area contributed by atoms with Gasteiger partial charge in [-0.3, -0.25) is 0 Å². The van der Waals surface area contributed by atoms with Gasteiger partial charge in [0.2, 0.25) is 0 Å². The molecule has 0 aliphatic heterocycles. The van der Waals surface area contributed by atoms with E-state index in [1.165, 1.54) is 44.9 Å². The molecule has 69 valence electrons. The fourth-order valence-corrected chi connectivity index (χ4v) is 1.89. The minimum atomic E-state index is 0. The van der Waals surface area contributed by atoms with Gasteiger partial charge in [0.05, 0.1) is 0 Å². The Labute approximate surface area is 103 Å². The maximum atomic E-state index is 2.32. The van der Waals surface area contributed by atoms with Crippen LogP contribution in [-0.2, 0) is 32.7 Å². The summed E-state index contributed by atoms with van der Waals surface area (Å²) >= 11 is 0. The first-order chi connectivity index (χ1) is 5.29. The predicted octanol–water partition coefficient (Wildman–Crippen LogP) is 3.96. The van der Waals surface area contributed by atoms with Crippen LogP contribution in [0.25, 0.3) is 0 Å². The summed E-state index contributed by atoms with van der Waals surface area (Å²) in [5.74, 6) is 2.75. The molecule has 0 saturated heterocycles. The standard InChI is InChI=1S/C11H21.Y/c1-10(2)6-5-9-11-7-3-4-8-11;/h10H,3-9H2,1-2H3;/q-1;. The normalized spacial score (nSPS) is 18.2. The molecule has 0 bridgehead atoms. The minimum absolute atomic E-state index is 0. The predicted molar refractivity (Wildman–Crippen MR) is 50.4 cm³/mol. The van der Waals surface area contributed by atoms with E-state index in [0.29, 0.717) is 0 Å². The Bertz CT molecular complexity index is 93.2. The van der Waals surface area contributed by atoms with E-state index in [1.54, 1.807) is 0 Å². The summed E-state index contributed by atoms with van der Waals surface area (Å²) in [4.78, 5) is 0. The molecule has 12 heavy (non-hydrogen) atoms. The van der Waals surface area contributed by atoms with E-state index in [2.05, 4.69) is 13.8 Å². The van der Waals surface area contributed by atoms with Crippen LogP contribution in [0.4, 0.5) is 0 Å². The van der Waals surface area contributed by atoms with Gasteiger partial charge in [0.1, 0.15) is 0 Å². The van der Waals surface area contributed by atoms with Crippen molar-refractivity contribution in [3.05, 3.63) is 5.92 Å². The van der Waals surface area contributed by atoms with Gasteiger partial charge >= 0.3 is 0 Å². The van der Waals surface area contributed by atoms with Crippen molar-refractivity contribution < 1.29 is 32.7 Å². The van der Waals surface area contributed by atoms with Gasteiger partial charge in [-0.2, -0.15) is 19.3 Å². The third kappa shape index (κ3) is 5.70. The number of hydrogen-bond donors (Lipinski definition) is 0. The van der Waals surface area contributed by atoms with E-state index in [0.717, 1.165) is 5.92 Å². The molecular weight excluding hydrogens is 221 g/mol. The summed E-state index contributed by atoms with van der Waals surface area (Å²) in [5.41, 5.74) is 0. The first-order valence-electron chi connectivity index (χ1n) is 5.12. The molecule has 1 radical (unpaired) electrons. The van der Waals surface area contributed by atoms with Gasteiger partial charge in [0, 0.05) is 32.7 Å². The third-order valence-electron chi connectivity index (χ3n) is 2.62. The Morgan fingerprint density at radius 3 is 2.25 bits per heavy atom. The van der Waals surface area contributed by atoms with E-state index in [1.807, 2.05) is 5.92 Å². The molecule has 0 atom stereocenters. The topological polar surface area (TPSA) is 0 Å². The van der Waals surface area contributed by atoms with Crippen molar-refractivity contribution in [3.63, 3.8) is 0 Å². The molecule has 0 aromatic heterocycles. The fourth-order valence-electron chi connectivity index (χ4n) is 1.89. The summed E-state index contributed by atoms with van der Waals surface area (Å²) in [5, 5.41) is 0. The van der Waals surface area contributed by atoms with Crippen LogP contribution >= 0.6 is 0 Å². The Morgan fingerprint density at radius 2 is 1.75 bits per heavy atom. The van der Waals surface area contributed by atoms with Crippen LogP contribution in [0.5, 0.6) is 0 Å². The first-order valence-corrected chi connectivity index (χ1v) is 5.12. The second-order valence-electron chi connectivity index (χ2n) is 4.24. The van der Waals surface area contributed by atoms with Crippen LogP contribution in [0.2, 0.25) is 0 Å². The molecule has 0 spiro atoms. The Hall–Kier alpha value is 1.10. The average Bonchev–Trinajstić information content (AvgIpc) is 2.39. The molecule has 0 N–H and O–H groups in total. The van der Waals surface area contributed by atoms with Gasteiger partial charge in [-0.25, -0.2) is 0 Å². The summed E-state index contributed by atoms with van der Waals surface area (Å²) < 4.78 is 0. The maximum Gasteiger partial charge on any atom is 0 e. The minimum Gasteiger partial charge on any atom is -0.314 e. The van der Waals surface area contributed by atoms with Crippen molar-refractivity contribution in [2.45, 2.75) is 58.8 Å². The largest absolute Gasteiger partial charge is 0.314 e. The van der Waals surface area contributed by atoms with Crippen molar-refractivity contribution in [3.8, 4) is 0 Å². The van der Waals surface area contributed by atoms with E-state index in [4.69, 9.17) is 0 Å². The smallest absolute Gasteiger partial charge is 0 e. The number of hydrogen-bond acceptors (Lipinski definition) is 0. The molecule has 1 aliphatic carbocycles. The van der Waals surface area contributed by atoms with E-state index >= 15 is 0 Å². The van der Waals surface area contributed by atoms with E-state index in [9.17, 15) is 0 Å². The SMILES string of the molecule is CC(C)CCC[C-]1CCCC1.[Y]. The molecule has 0 unspecified atom stereocenters. The fraction of sp³-hybridized carbons (Fsp3) is 0.909.